The number of hydrogen-bond acceptors (Lipinski definition) is 2. The number of aliphatic hydroxyl groups excluding tert-OH is 1. The van der Waals surface area contributed by atoms with Gasteiger partial charge in [0.25, 0.3) is 0 Å². The molecule has 112 valence electrons. The second kappa shape index (κ2) is 6.04. The predicted molar refractivity (Wildman–Crippen MR) is 82.8 cm³/mol. The number of ether oxygens (including phenoxy) is 1. The summed E-state index contributed by atoms with van der Waals surface area (Å²) in [5.74, 6) is 0.771. The van der Waals surface area contributed by atoms with Crippen LogP contribution in [0.3, 0.4) is 0 Å². The summed E-state index contributed by atoms with van der Waals surface area (Å²) in [6.45, 7) is 7.04. The Balaban J connectivity index is 2.51. The van der Waals surface area contributed by atoms with Gasteiger partial charge in [0.2, 0.25) is 0 Å². The van der Waals surface area contributed by atoms with Gasteiger partial charge < -0.3 is 9.84 Å². The van der Waals surface area contributed by atoms with Crippen molar-refractivity contribution < 1.29 is 14.2 Å². The van der Waals surface area contributed by atoms with Crippen molar-refractivity contribution in [2.75, 3.05) is 0 Å². The van der Waals surface area contributed by atoms with Crippen LogP contribution in [-0.4, -0.2) is 5.11 Å². The monoisotopic (exact) mass is 308 g/mol. The predicted octanol–water partition coefficient (Wildman–Crippen LogP) is 5.25. The average molecular weight is 309 g/mol. The minimum Gasteiger partial charge on any atom is -0.456 e. The highest BCUT2D eigenvalue weighted by molar-refractivity contribution is 6.30. The molecule has 0 aliphatic carbocycles. The van der Waals surface area contributed by atoms with Gasteiger partial charge in [-0.1, -0.05) is 11.6 Å². The van der Waals surface area contributed by atoms with E-state index in [0.29, 0.717) is 27.6 Å². The van der Waals surface area contributed by atoms with Gasteiger partial charge in [-0.2, -0.15) is 0 Å². The van der Waals surface area contributed by atoms with Gasteiger partial charge in [-0.05, 0) is 68.7 Å². The van der Waals surface area contributed by atoms with Gasteiger partial charge in [0.1, 0.15) is 17.3 Å². The van der Waals surface area contributed by atoms with Crippen molar-refractivity contribution in [1.29, 1.82) is 0 Å². The van der Waals surface area contributed by atoms with E-state index in [2.05, 4.69) is 0 Å². The Morgan fingerprint density at radius 2 is 1.62 bits per heavy atom. The molecule has 0 fully saturated rings. The maximum Gasteiger partial charge on any atom is 0.133 e. The average Bonchev–Trinajstić information content (AvgIpc) is 2.37. The van der Waals surface area contributed by atoms with Crippen LogP contribution in [0.25, 0.3) is 0 Å². The van der Waals surface area contributed by atoms with Crippen LogP contribution in [0.15, 0.2) is 24.3 Å². The largest absolute Gasteiger partial charge is 0.456 e. The van der Waals surface area contributed by atoms with E-state index in [4.69, 9.17) is 16.3 Å². The zero-order valence-electron chi connectivity index (χ0n) is 12.5. The summed E-state index contributed by atoms with van der Waals surface area (Å²) < 4.78 is 19.6. The third-order valence-corrected chi connectivity index (χ3v) is 3.60. The Labute approximate surface area is 129 Å². The van der Waals surface area contributed by atoms with Crippen LogP contribution < -0.4 is 4.74 Å². The molecule has 1 N–H and O–H groups in total. The number of aryl methyl sites for hydroxylation is 3. The van der Waals surface area contributed by atoms with Crippen LogP contribution in [0, 0.1) is 26.6 Å². The number of aliphatic hydroxyl groups is 1. The Kier molecular flexibility index (Phi) is 4.55. The van der Waals surface area contributed by atoms with Crippen LogP contribution in [0.5, 0.6) is 11.5 Å². The zero-order valence-corrected chi connectivity index (χ0v) is 13.3. The molecule has 0 saturated heterocycles. The molecule has 2 aromatic carbocycles. The Morgan fingerprint density at radius 1 is 1.05 bits per heavy atom. The van der Waals surface area contributed by atoms with Crippen molar-refractivity contribution in [1.82, 2.24) is 0 Å². The van der Waals surface area contributed by atoms with Crippen molar-refractivity contribution in [3.05, 3.63) is 57.4 Å². The van der Waals surface area contributed by atoms with E-state index in [0.717, 1.165) is 11.1 Å². The lowest BCUT2D eigenvalue weighted by Crippen LogP contribution is -2.00. The van der Waals surface area contributed by atoms with Crippen LogP contribution in [0.4, 0.5) is 4.39 Å². The molecular weight excluding hydrogens is 291 g/mol. The van der Waals surface area contributed by atoms with Gasteiger partial charge in [-0.3, -0.25) is 0 Å². The maximum atomic E-state index is 13.7. The fourth-order valence-electron chi connectivity index (χ4n) is 2.25. The van der Waals surface area contributed by atoms with Gasteiger partial charge in [-0.15, -0.1) is 0 Å². The first-order valence-electron chi connectivity index (χ1n) is 6.72. The summed E-state index contributed by atoms with van der Waals surface area (Å²) in [5.41, 5.74) is 2.67. The molecule has 2 aromatic rings. The Bertz CT molecular complexity index is 658. The number of rotatable bonds is 3. The van der Waals surface area contributed by atoms with E-state index in [1.54, 1.807) is 19.9 Å². The smallest absolute Gasteiger partial charge is 0.133 e. The second-order valence-electron chi connectivity index (χ2n) is 5.29. The van der Waals surface area contributed by atoms with E-state index in [1.807, 2.05) is 26.0 Å². The first-order valence-corrected chi connectivity index (χ1v) is 7.10. The first-order chi connectivity index (χ1) is 9.79. The van der Waals surface area contributed by atoms with E-state index < -0.39 is 6.10 Å². The minimum absolute atomic E-state index is 0.359. The van der Waals surface area contributed by atoms with Gasteiger partial charge >= 0.3 is 0 Å². The lowest BCUT2D eigenvalue weighted by Gasteiger charge is -2.17. The molecule has 4 heteroatoms. The summed E-state index contributed by atoms with van der Waals surface area (Å²) in [6.07, 6.45) is -0.817. The highest BCUT2D eigenvalue weighted by atomic mass is 35.5. The van der Waals surface area contributed by atoms with Crippen LogP contribution in [0.1, 0.15) is 35.3 Å². The normalized spacial score (nSPS) is 12.3. The highest BCUT2D eigenvalue weighted by Gasteiger charge is 2.16. The molecule has 2 nitrogen and oxygen atoms in total. The molecule has 0 radical (unpaired) electrons. The van der Waals surface area contributed by atoms with Crippen molar-refractivity contribution in [2.45, 2.75) is 33.8 Å². The van der Waals surface area contributed by atoms with Crippen molar-refractivity contribution in [3.8, 4) is 11.5 Å². The number of halogens is 2. The molecule has 21 heavy (non-hydrogen) atoms. The summed E-state index contributed by atoms with van der Waals surface area (Å²) in [4.78, 5) is 0. The molecule has 0 aliphatic rings. The van der Waals surface area contributed by atoms with Gasteiger partial charge in [0.05, 0.1) is 6.10 Å². The quantitative estimate of drug-likeness (QED) is 0.839. The number of benzene rings is 2. The van der Waals surface area contributed by atoms with Crippen molar-refractivity contribution in [3.63, 3.8) is 0 Å². The topological polar surface area (TPSA) is 29.5 Å². The van der Waals surface area contributed by atoms with Gasteiger partial charge in [-0.25, -0.2) is 4.39 Å². The molecule has 0 spiro atoms. The second-order valence-corrected chi connectivity index (χ2v) is 5.72. The summed E-state index contributed by atoms with van der Waals surface area (Å²) in [7, 11) is 0. The van der Waals surface area contributed by atoms with Crippen LogP contribution in [-0.2, 0) is 0 Å². The Morgan fingerprint density at radius 3 is 2.14 bits per heavy atom. The molecule has 0 heterocycles. The Hall–Kier alpha value is -1.58. The fraction of sp³-hybridized carbons (Fsp3) is 0.294. The minimum atomic E-state index is -0.817. The van der Waals surface area contributed by atoms with Crippen LogP contribution in [0.2, 0.25) is 5.02 Å². The molecule has 1 atom stereocenters. The van der Waals surface area contributed by atoms with E-state index in [-0.39, 0.29) is 5.82 Å². The van der Waals surface area contributed by atoms with Gasteiger partial charge in [0.15, 0.2) is 0 Å². The fourth-order valence-corrected chi connectivity index (χ4v) is 2.58. The SMILES string of the molecule is Cc1cc(Oc2c(C)cc(Cl)cc2C)c([C@H](C)O)cc1F. The maximum absolute atomic E-state index is 13.7. The molecule has 0 saturated carbocycles. The third-order valence-electron chi connectivity index (χ3n) is 3.38. The first kappa shape index (κ1) is 15.8. The third kappa shape index (κ3) is 3.36. The van der Waals surface area contributed by atoms with Gasteiger partial charge in [0, 0.05) is 10.6 Å². The lowest BCUT2D eigenvalue weighted by molar-refractivity contribution is 0.195. The van der Waals surface area contributed by atoms with Crippen LogP contribution >= 0.6 is 11.6 Å². The molecule has 0 aromatic heterocycles. The van der Waals surface area contributed by atoms with Crippen molar-refractivity contribution >= 4 is 11.6 Å². The molecular formula is C17H18ClFO2. The molecule has 0 aliphatic heterocycles. The number of hydrogen-bond donors (Lipinski definition) is 1. The van der Waals surface area contributed by atoms with E-state index >= 15 is 0 Å². The highest BCUT2D eigenvalue weighted by Crippen LogP contribution is 2.36. The van der Waals surface area contributed by atoms with E-state index in [9.17, 15) is 9.50 Å². The summed E-state index contributed by atoms with van der Waals surface area (Å²) in [6, 6.07) is 6.53. The lowest BCUT2D eigenvalue weighted by atomic mass is 10.1. The standard InChI is InChI=1S/C17H18ClFO2/c1-9-7-16(14(12(4)20)8-15(9)19)21-17-10(2)5-13(18)6-11(17)3/h5-8,12,20H,1-4H3/t12-/m0/s1. The summed E-state index contributed by atoms with van der Waals surface area (Å²) in [5, 5.41) is 10.5. The van der Waals surface area contributed by atoms with E-state index in [1.165, 1.54) is 6.07 Å². The summed E-state index contributed by atoms with van der Waals surface area (Å²) >= 11 is 6.01. The van der Waals surface area contributed by atoms with Crippen molar-refractivity contribution in [2.24, 2.45) is 0 Å². The molecule has 0 unspecified atom stereocenters. The molecule has 0 amide bonds. The molecule has 2 rings (SSSR count). The zero-order chi connectivity index (χ0) is 15.7. The molecule has 0 bridgehead atoms.